The van der Waals surface area contributed by atoms with E-state index in [1.165, 1.54) is 6.07 Å². The molecule has 2 amide bonds. The van der Waals surface area contributed by atoms with Crippen molar-refractivity contribution >= 4 is 34.7 Å². The topological polar surface area (TPSA) is 66.8 Å². The Morgan fingerprint density at radius 2 is 1.73 bits per heavy atom. The molecule has 0 aliphatic carbocycles. The van der Waals surface area contributed by atoms with Crippen LogP contribution in [0.15, 0.2) is 48.2 Å². The highest BCUT2D eigenvalue weighted by Crippen LogP contribution is 2.34. The van der Waals surface area contributed by atoms with Crippen molar-refractivity contribution in [3.63, 3.8) is 0 Å². The van der Waals surface area contributed by atoms with E-state index in [0.717, 1.165) is 17.0 Å². The standard InChI is InChI=1S/C19H15ClFNO4/c1-10(2)26-13-6-3-11(4-7-13)16-17(23)19(25)22(18(16)24)12-5-8-15(21)14(20)9-12/h3-10,23H,1-2H3. The first-order valence-corrected chi connectivity index (χ1v) is 8.21. The van der Waals surface area contributed by atoms with Crippen molar-refractivity contribution < 1.29 is 23.8 Å². The fourth-order valence-electron chi connectivity index (χ4n) is 2.61. The third-order valence-electron chi connectivity index (χ3n) is 3.74. The van der Waals surface area contributed by atoms with Gasteiger partial charge in [0, 0.05) is 0 Å². The lowest BCUT2D eigenvalue weighted by molar-refractivity contribution is -0.121. The molecule has 2 aromatic carbocycles. The smallest absolute Gasteiger partial charge is 0.301 e. The molecule has 0 spiro atoms. The van der Waals surface area contributed by atoms with Crippen LogP contribution in [0.5, 0.6) is 5.75 Å². The zero-order chi connectivity index (χ0) is 19.0. The second-order valence-electron chi connectivity index (χ2n) is 5.96. The number of anilines is 1. The first kappa shape index (κ1) is 17.9. The van der Waals surface area contributed by atoms with E-state index in [-0.39, 0.29) is 22.4 Å². The van der Waals surface area contributed by atoms with Crippen LogP contribution in [-0.4, -0.2) is 23.0 Å². The van der Waals surface area contributed by atoms with Gasteiger partial charge in [-0.1, -0.05) is 23.7 Å². The number of halogens is 2. The van der Waals surface area contributed by atoms with Crippen LogP contribution in [0.4, 0.5) is 10.1 Å². The van der Waals surface area contributed by atoms with Crippen LogP contribution in [0.3, 0.4) is 0 Å². The number of rotatable bonds is 4. The molecule has 0 atom stereocenters. The Morgan fingerprint density at radius 3 is 2.31 bits per heavy atom. The van der Waals surface area contributed by atoms with Crippen LogP contribution in [0.25, 0.3) is 5.57 Å². The molecule has 0 saturated heterocycles. The Kier molecular flexibility index (Phi) is 4.70. The highest BCUT2D eigenvalue weighted by Gasteiger charge is 2.40. The van der Waals surface area contributed by atoms with Crippen molar-refractivity contribution in [3.8, 4) is 5.75 Å². The van der Waals surface area contributed by atoms with Crippen LogP contribution in [0, 0.1) is 5.82 Å². The molecule has 0 fully saturated rings. The third kappa shape index (κ3) is 3.15. The summed E-state index contributed by atoms with van der Waals surface area (Å²) in [4.78, 5) is 25.8. The maximum absolute atomic E-state index is 13.3. The Hall–Kier alpha value is -2.86. The highest BCUT2D eigenvalue weighted by atomic mass is 35.5. The van der Waals surface area contributed by atoms with E-state index in [2.05, 4.69) is 0 Å². The van der Waals surface area contributed by atoms with Gasteiger partial charge in [-0.25, -0.2) is 9.29 Å². The zero-order valence-corrected chi connectivity index (χ0v) is 14.7. The predicted molar refractivity (Wildman–Crippen MR) is 95.7 cm³/mol. The van der Waals surface area contributed by atoms with Crippen LogP contribution < -0.4 is 9.64 Å². The molecule has 5 nitrogen and oxygen atoms in total. The monoisotopic (exact) mass is 375 g/mol. The molecular formula is C19H15ClFNO4. The Bertz CT molecular complexity index is 922. The molecule has 0 unspecified atom stereocenters. The average molecular weight is 376 g/mol. The minimum Gasteiger partial charge on any atom is -0.502 e. The van der Waals surface area contributed by atoms with Gasteiger partial charge in [0.25, 0.3) is 5.91 Å². The number of aliphatic hydroxyl groups excluding tert-OH is 1. The molecule has 0 saturated carbocycles. The van der Waals surface area contributed by atoms with Gasteiger partial charge in [0.1, 0.15) is 11.6 Å². The summed E-state index contributed by atoms with van der Waals surface area (Å²) in [6.07, 6.45) is -0.0122. The van der Waals surface area contributed by atoms with Crippen molar-refractivity contribution in [2.24, 2.45) is 0 Å². The minimum atomic E-state index is -0.893. The number of ether oxygens (including phenoxy) is 1. The fraction of sp³-hybridized carbons (Fsp3) is 0.158. The summed E-state index contributed by atoms with van der Waals surface area (Å²) >= 11 is 5.72. The number of benzene rings is 2. The van der Waals surface area contributed by atoms with Gasteiger partial charge in [-0.3, -0.25) is 9.59 Å². The summed E-state index contributed by atoms with van der Waals surface area (Å²) in [6, 6.07) is 9.89. The lowest BCUT2D eigenvalue weighted by atomic mass is 10.1. The summed E-state index contributed by atoms with van der Waals surface area (Å²) in [6.45, 7) is 3.76. The van der Waals surface area contributed by atoms with Crippen LogP contribution in [0.2, 0.25) is 5.02 Å². The first-order valence-electron chi connectivity index (χ1n) is 7.83. The summed E-state index contributed by atoms with van der Waals surface area (Å²) in [5.74, 6) is -2.36. The van der Waals surface area contributed by atoms with Crippen molar-refractivity contribution in [2.75, 3.05) is 4.90 Å². The van der Waals surface area contributed by atoms with E-state index < -0.39 is 23.4 Å². The molecule has 7 heteroatoms. The van der Waals surface area contributed by atoms with Crippen molar-refractivity contribution in [1.82, 2.24) is 0 Å². The van der Waals surface area contributed by atoms with E-state index in [4.69, 9.17) is 16.3 Å². The summed E-state index contributed by atoms with van der Waals surface area (Å²) in [5, 5.41) is 9.95. The van der Waals surface area contributed by atoms with E-state index >= 15 is 0 Å². The molecule has 0 bridgehead atoms. The molecule has 1 aliphatic rings. The quantitative estimate of drug-likeness (QED) is 0.817. The van der Waals surface area contributed by atoms with Gasteiger partial charge in [-0.2, -0.15) is 0 Å². The lowest BCUT2D eigenvalue weighted by Crippen LogP contribution is -2.31. The zero-order valence-electron chi connectivity index (χ0n) is 14.0. The maximum Gasteiger partial charge on any atom is 0.301 e. The van der Waals surface area contributed by atoms with E-state index in [1.54, 1.807) is 24.3 Å². The van der Waals surface area contributed by atoms with Crippen molar-refractivity contribution in [1.29, 1.82) is 0 Å². The van der Waals surface area contributed by atoms with Crippen LogP contribution in [-0.2, 0) is 9.59 Å². The predicted octanol–water partition coefficient (Wildman–Crippen LogP) is 4.11. The molecule has 134 valence electrons. The third-order valence-corrected chi connectivity index (χ3v) is 4.03. The van der Waals surface area contributed by atoms with Crippen LogP contribution >= 0.6 is 11.6 Å². The molecule has 26 heavy (non-hydrogen) atoms. The Balaban J connectivity index is 1.95. The van der Waals surface area contributed by atoms with Gasteiger partial charge in [-0.05, 0) is 49.7 Å². The molecule has 2 aromatic rings. The molecule has 1 heterocycles. The number of carbonyl (C=O) groups excluding carboxylic acids is 2. The second kappa shape index (κ2) is 6.80. The number of aliphatic hydroxyl groups is 1. The summed E-state index contributed by atoms with van der Waals surface area (Å²) in [5.41, 5.74) is 0.312. The normalized spacial score (nSPS) is 14.6. The van der Waals surface area contributed by atoms with Gasteiger partial charge in [0.2, 0.25) is 0 Å². The Labute approximate surface area is 154 Å². The first-order chi connectivity index (χ1) is 12.3. The number of amides is 2. The number of hydrogen-bond donors (Lipinski definition) is 1. The van der Waals surface area contributed by atoms with Gasteiger partial charge < -0.3 is 9.84 Å². The van der Waals surface area contributed by atoms with E-state index in [0.29, 0.717) is 11.3 Å². The lowest BCUT2D eigenvalue weighted by Gasteiger charge is -2.15. The van der Waals surface area contributed by atoms with E-state index in [1.807, 2.05) is 13.8 Å². The van der Waals surface area contributed by atoms with Gasteiger partial charge in [-0.15, -0.1) is 0 Å². The number of hydrogen-bond acceptors (Lipinski definition) is 4. The number of imide groups is 1. The largest absolute Gasteiger partial charge is 0.502 e. The Morgan fingerprint density at radius 1 is 1.08 bits per heavy atom. The van der Waals surface area contributed by atoms with Gasteiger partial charge in [0.05, 0.1) is 22.4 Å². The van der Waals surface area contributed by atoms with Crippen molar-refractivity contribution in [3.05, 3.63) is 64.6 Å². The molecule has 0 radical (unpaired) electrons. The molecule has 3 rings (SSSR count). The molecule has 1 aliphatic heterocycles. The van der Waals surface area contributed by atoms with E-state index in [9.17, 15) is 19.1 Å². The second-order valence-corrected chi connectivity index (χ2v) is 6.37. The SMILES string of the molecule is CC(C)Oc1ccc(C2=C(O)C(=O)N(c3ccc(F)c(Cl)c3)C2=O)cc1. The molecular weight excluding hydrogens is 361 g/mol. The minimum absolute atomic E-state index is 0.0122. The number of carbonyl (C=O) groups is 2. The van der Waals surface area contributed by atoms with Crippen molar-refractivity contribution in [2.45, 2.75) is 20.0 Å². The van der Waals surface area contributed by atoms with Gasteiger partial charge >= 0.3 is 5.91 Å². The maximum atomic E-state index is 13.3. The number of nitrogens with zero attached hydrogens (tertiary/aromatic N) is 1. The summed E-state index contributed by atoms with van der Waals surface area (Å²) in [7, 11) is 0. The molecule has 0 aromatic heterocycles. The van der Waals surface area contributed by atoms with Gasteiger partial charge in [0.15, 0.2) is 5.76 Å². The van der Waals surface area contributed by atoms with Crippen LogP contribution in [0.1, 0.15) is 19.4 Å². The highest BCUT2D eigenvalue weighted by molar-refractivity contribution is 6.45. The average Bonchev–Trinajstić information content (AvgIpc) is 2.80. The molecule has 1 N–H and O–H groups in total. The fourth-order valence-corrected chi connectivity index (χ4v) is 2.78. The summed E-state index contributed by atoms with van der Waals surface area (Å²) < 4.78 is 18.9.